The van der Waals surface area contributed by atoms with Gasteiger partial charge >= 0.3 is 0 Å². The topological polar surface area (TPSA) is 85.9 Å². The van der Waals surface area contributed by atoms with Gasteiger partial charge in [0.2, 0.25) is 0 Å². The number of nitrogens with zero attached hydrogens (tertiary/aromatic N) is 4. The zero-order chi connectivity index (χ0) is 14.1. The second-order valence-electron chi connectivity index (χ2n) is 4.73. The van der Waals surface area contributed by atoms with Gasteiger partial charge in [0, 0.05) is 24.7 Å². The summed E-state index contributed by atoms with van der Waals surface area (Å²) in [6.45, 7) is 0.585. The summed E-state index contributed by atoms with van der Waals surface area (Å²) in [5.74, 6) is -0.678. The molecule has 2 aromatic rings. The summed E-state index contributed by atoms with van der Waals surface area (Å²) in [5, 5.41) is 21.8. The van der Waals surface area contributed by atoms with E-state index in [4.69, 9.17) is 0 Å². The highest BCUT2D eigenvalue weighted by Gasteiger charge is 2.20. The quantitative estimate of drug-likeness (QED) is 0.662. The number of benzene rings is 1. The molecule has 1 N–H and O–H groups in total. The van der Waals surface area contributed by atoms with E-state index in [0.717, 1.165) is 6.07 Å². The van der Waals surface area contributed by atoms with Crippen LogP contribution in [0.1, 0.15) is 18.5 Å². The molecule has 7 nitrogen and oxygen atoms in total. The van der Waals surface area contributed by atoms with Crippen LogP contribution in [0.25, 0.3) is 5.69 Å². The molecule has 104 valence electrons. The third-order valence-corrected chi connectivity index (χ3v) is 3.03. The average molecular weight is 277 g/mol. The molecule has 0 aliphatic heterocycles. The number of hydrogen-bond donors (Lipinski definition) is 1. The number of nitro groups is 1. The molecule has 1 aromatic heterocycles. The first-order valence-electron chi connectivity index (χ1n) is 6.22. The van der Waals surface area contributed by atoms with Crippen molar-refractivity contribution in [2.24, 2.45) is 0 Å². The molecule has 0 amide bonds. The van der Waals surface area contributed by atoms with E-state index in [-0.39, 0.29) is 11.4 Å². The lowest BCUT2D eigenvalue weighted by atomic mass is 10.2. The summed E-state index contributed by atoms with van der Waals surface area (Å²) < 4.78 is 14.7. The van der Waals surface area contributed by atoms with Crippen LogP contribution in [0, 0.1) is 15.9 Å². The van der Waals surface area contributed by atoms with Crippen LogP contribution in [0.2, 0.25) is 0 Å². The number of rotatable bonds is 5. The number of nitro benzene ring substituents is 1. The van der Waals surface area contributed by atoms with Gasteiger partial charge in [-0.25, -0.2) is 9.07 Å². The maximum Gasteiger partial charge on any atom is 0.274 e. The van der Waals surface area contributed by atoms with E-state index < -0.39 is 10.7 Å². The molecule has 1 saturated carbocycles. The van der Waals surface area contributed by atoms with Crippen LogP contribution in [0.4, 0.5) is 10.1 Å². The molecule has 0 saturated heterocycles. The maximum atomic E-state index is 13.4. The van der Waals surface area contributed by atoms with E-state index in [2.05, 4.69) is 15.6 Å². The zero-order valence-electron chi connectivity index (χ0n) is 10.5. The molecule has 20 heavy (non-hydrogen) atoms. The molecule has 1 heterocycles. The SMILES string of the molecule is O=[N+]([O-])c1cc(F)cc(-n2cc(CNC3CC3)nn2)c1. The van der Waals surface area contributed by atoms with Gasteiger partial charge in [0.1, 0.15) is 5.82 Å². The van der Waals surface area contributed by atoms with Crippen molar-refractivity contribution >= 4 is 5.69 Å². The smallest absolute Gasteiger partial charge is 0.274 e. The van der Waals surface area contributed by atoms with E-state index in [1.165, 1.54) is 29.7 Å². The van der Waals surface area contributed by atoms with E-state index in [1.807, 2.05) is 0 Å². The van der Waals surface area contributed by atoms with E-state index in [0.29, 0.717) is 18.3 Å². The van der Waals surface area contributed by atoms with Crippen LogP contribution in [-0.4, -0.2) is 26.0 Å². The lowest BCUT2D eigenvalue weighted by Gasteiger charge is -2.00. The van der Waals surface area contributed by atoms with Crippen molar-refractivity contribution in [1.29, 1.82) is 0 Å². The van der Waals surface area contributed by atoms with Crippen LogP contribution < -0.4 is 5.32 Å². The van der Waals surface area contributed by atoms with Gasteiger partial charge in [-0.15, -0.1) is 5.10 Å². The van der Waals surface area contributed by atoms with Crippen LogP contribution in [0.3, 0.4) is 0 Å². The molecule has 1 aromatic carbocycles. The fourth-order valence-electron chi connectivity index (χ4n) is 1.84. The highest BCUT2D eigenvalue weighted by molar-refractivity contribution is 5.43. The molecule has 1 aliphatic carbocycles. The molecule has 3 rings (SSSR count). The van der Waals surface area contributed by atoms with Crippen LogP contribution in [-0.2, 0) is 6.54 Å². The van der Waals surface area contributed by atoms with Crippen LogP contribution in [0.15, 0.2) is 24.4 Å². The average Bonchev–Trinajstić information content (AvgIpc) is 3.12. The summed E-state index contributed by atoms with van der Waals surface area (Å²) in [6, 6.07) is 3.86. The Morgan fingerprint density at radius 1 is 1.45 bits per heavy atom. The van der Waals surface area contributed by atoms with Crippen molar-refractivity contribution < 1.29 is 9.31 Å². The molecule has 8 heteroatoms. The van der Waals surface area contributed by atoms with Gasteiger partial charge in [0.25, 0.3) is 5.69 Å². The molecule has 0 radical (unpaired) electrons. The van der Waals surface area contributed by atoms with Crippen molar-refractivity contribution in [2.45, 2.75) is 25.4 Å². The van der Waals surface area contributed by atoms with Gasteiger partial charge < -0.3 is 5.32 Å². The van der Waals surface area contributed by atoms with Gasteiger partial charge in [-0.3, -0.25) is 10.1 Å². The van der Waals surface area contributed by atoms with Crippen LogP contribution >= 0.6 is 0 Å². The molecule has 1 aliphatic rings. The van der Waals surface area contributed by atoms with Crippen LogP contribution in [0.5, 0.6) is 0 Å². The van der Waals surface area contributed by atoms with Crippen molar-refractivity contribution in [3.05, 3.63) is 46.0 Å². The summed E-state index contributed by atoms with van der Waals surface area (Å²) in [7, 11) is 0. The second kappa shape index (κ2) is 4.97. The van der Waals surface area contributed by atoms with Gasteiger partial charge in [-0.05, 0) is 12.8 Å². The minimum Gasteiger partial charge on any atom is -0.308 e. The Hall–Kier alpha value is -2.35. The van der Waals surface area contributed by atoms with Crippen molar-refractivity contribution in [3.8, 4) is 5.69 Å². The molecule has 0 bridgehead atoms. The predicted molar refractivity (Wildman–Crippen MR) is 67.8 cm³/mol. The lowest BCUT2D eigenvalue weighted by Crippen LogP contribution is -2.15. The van der Waals surface area contributed by atoms with Gasteiger partial charge in [-0.1, -0.05) is 5.21 Å². The second-order valence-corrected chi connectivity index (χ2v) is 4.73. The van der Waals surface area contributed by atoms with Crippen molar-refractivity contribution in [2.75, 3.05) is 0 Å². The summed E-state index contributed by atoms with van der Waals surface area (Å²) >= 11 is 0. The fraction of sp³-hybridized carbons (Fsp3) is 0.333. The summed E-state index contributed by atoms with van der Waals surface area (Å²) in [5.41, 5.74) is 0.679. The minimum absolute atomic E-state index is 0.280. The Morgan fingerprint density at radius 2 is 2.25 bits per heavy atom. The first-order chi connectivity index (χ1) is 9.61. The Labute approximate surface area is 113 Å². The number of nitrogens with one attached hydrogen (secondary N) is 1. The fourth-order valence-corrected chi connectivity index (χ4v) is 1.84. The number of halogens is 1. The normalized spacial score (nSPS) is 14.4. The zero-order valence-corrected chi connectivity index (χ0v) is 10.5. The van der Waals surface area contributed by atoms with E-state index in [1.54, 1.807) is 6.20 Å². The highest BCUT2D eigenvalue weighted by Crippen LogP contribution is 2.20. The molecular weight excluding hydrogens is 265 g/mol. The molecule has 0 atom stereocenters. The van der Waals surface area contributed by atoms with Gasteiger partial charge in [0.05, 0.1) is 28.6 Å². The molecule has 1 fully saturated rings. The minimum atomic E-state index is -0.678. The van der Waals surface area contributed by atoms with Crippen molar-refractivity contribution in [3.63, 3.8) is 0 Å². The number of hydrogen-bond acceptors (Lipinski definition) is 5. The van der Waals surface area contributed by atoms with Gasteiger partial charge in [-0.2, -0.15) is 0 Å². The third-order valence-electron chi connectivity index (χ3n) is 3.03. The largest absolute Gasteiger partial charge is 0.308 e. The standard InChI is InChI=1S/C12H12FN5O2/c13-8-3-11(5-12(4-8)18(19)20)17-7-10(15-16-17)6-14-9-1-2-9/h3-5,7,9,14H,1-2,6H2. The van der Waals surface area contributed by atoms with Gasteiger partial charge in [0.15, 0.2) is 0 Å². The first kappa shape index (κ1) is 12.7. The summed E-state index contributed by atoms with van der Waals surface area (Å²) in [4.78, 5) is 10.1. The predicted octanol–water partition coefficient (Wildman–Crippen LogP) is 1.57. The Morgan fingerprint density at radius 3 is 2.95 bits per heavy atom. The lowest BCUT2D eigenvalue weighted by molar-refractivity contribution is -0.385. The molecular formula is C12H12FN5O2. The Bertz CT molecular complexity index is 653. The Kier molecular flexibility index (Phi) is 3.15. The first-order valence-corrected chi connectivity index (χ1v) is 6.22. The Balaban J connectivity index is 1.82. The number of non-ortho nitro benzene ring substituents is 1. The van der Waals surface area contributed by atoms with E-state index >= 15 is 0 Å². The van der Waals surface area contributed by atoms with Crippen molar-refractivity contribution in [1.82, 2.24) is 20.3 Å². The maximum absolute atomic E-state index is 13.4. The highest BCUT2D eigenvalue weighted by atomic mass is 19.1. The molecule has 0 unspecified atom stereocenters. The summed E-state index contributed by atoms with van der Waals surface area (Å²) in [6.07, 6.45) is 3.97. The van der Waals surface area contributed by atoms with E-state index in [9.17, 15) is 14.5 Å². The third kappa shape index (κ3) is 2.80. The number of aromatic nitrogens is 3. The molecule has 0 spiro atoms. The monoisotopic (exact) mass is 277 g/mol.